The summed E-state index contributed by atoms with van der Waals surface area (Å²) in [4.78, 5) is 12.3. The van der Waals surface area contributed by atoms with E-state index in [9.17, 15) is 30.8 Å². The molecular formula is C15H18F4N2O3S. The Hall–Kier alpha value is -1.68. The summed E-state index contributed by atoms with van der Waals surface area (Å²) in [5, 5.41) is 2.31. The molecule has 1 N–H and O–H groups in total. The molecule has 5 nitrogen and oxygen atoms in total. The first-order valence-electron chi connectivity index (χ1n) is 7.70. The quantitative estimate of drug-likeness (QED) is 0.815. The average Bonchev–Trinajstić information content (AvgIpc) is 2.55. The molecule has 1 unspecified atom stereocenters. The van der Waals surface area contributed by atoms with Crippen LogP contribution in [0.4, 0.5) is 23.2 Å². The minimum absolute atomic E-state index is 0.0185. The van der Waals surface area contributed by atoms with Crippen LogP contribution in [0.1, 0.15) is 25.3 Å². The molecule has 2 rings (SSSR count). The Bertz CT molecular complexity index is 750. The van der Waals surface area contributed by atoms with Crippen LogP contribution >= 0.6 is 0 Å². The number of halogens is 4. The number of sulfonamides is 1. The van der Waals surface area contributed by atoms with Gasteiger partial charge < -0.3 is 5.32 Å². The molecule has 1 aliphatic rings. The monoisotopic (exact) mass is 382 g/mol. The van der Waals surface area contributed by atoms with Gasteiger partial charge in [-0.05, 0) is 38.0 Å². The zero-order chi connectivity index (χ0) is 18.8. The number of nitrogens with zero attached hydrogens (tertiary/aromatic N) is 1. The Kier molecular flexibility index (Phi) is 5.72. The van der Waals surface area contributed by atoms with Crippen LogP contribution in [0, 0.1) is 11.7 Å². The van der Waals surface area contributed by atoms with Crippen LogP contribution in [0.3, 0.4) is 0 Å². The molecular weight excluding hydrogens is 364 g/mol. The molecule has 1 atom stereocenters. The van der Waals surface area contributed by atoms with E-state index < -0.39 is 39.4 Å². The zero-order valence-electron chi connectivity index (χ0n) is 13.4. The van der Waals surface area contributed by atoms with Crippen LogP contribution in [0.2, 0.25) is 0 Å². The molecule has 1 fully saturated rings. The van der Waals surface area contributed by atoms with Gasteiger partial charge in [0.25, 0.3) is 0 Å². The lowest BCUT2D eigenvalue weighted by Crippen LogP contribution is -2.44. The number of hydrogen-bond donors (Lipinski definition) is 1. The molecule has 140 valence electrons. The van der Waals surface area contributed by atoms with Crippen molar-refractivity contribution in [1.29, 1.82) is 0 Å². The van der Waals surface area contributed by atoms with E-state index in [1.165, 1.54) is 11.2 Å². The molecule has 1 saturated heterocycles. The first-order chi connectivity index (χ1) is 11.5. The Morgan fingerprint density at radius 2 is 2.04 bits per heavy atom. The first kappa shape index (κ1) is 19.6. The summed E-state index contributed by atoms with van der Waals surface area (Å²) in [6, 6.07) is 2.19. The molecule has 1 aliphatic heterocycles. The number of nitrogens with one attached hydrogen (secondary N) is 1. The number of anilines is 1. The molecule has 1 aromatic carbocycles. The van der Waals surface area contributed by atoms with E-state index in [0.29, 0.717) is 31.5 Å². The fraction of sp³-hybridized carbons (Fsp3) is 0.533. The van der Waals surface area contributed by atoms with Gasteiger partial charge in [0.2, 0.25) is 15.9 Å². The number of rotatable bonds is 4. The SMILES string of the molecule is CCS(=O)(=O)N1CCCC(C(=O)Nc2ccc(F)c(C(F)(F)F)c2)C1. The summed E-state index contributed by atoms with van der Waals surface area (Å²) in [7, 11) is -3.44. The van der Waals surface area contributed by atoms with Crippen LogP contribution in [0.5, 0.6) is 0 Å². The first-order valence-corrected chi connectivity index (χ1v) is 9.31. The maximum absolute atomic E-state index is 13.3. The molecule has 0 bridgehead atoms. The predicted molar refractivity (Wildman–Crippen MR) is 83.8 cm³/mol. The lowest BCUT2D eigenvalue weighted by Gasteiger charge is -2.30. The second-order valence-corrected chi connectivity index (χ2v) is 8.04. The number of carbonyl (C=O) groups is 1. The van der Waals surface area contributed by atoms with Crippen molar-refractivity contribution in [3.63, 3.8) is 0 Å². The Morgan fingerprint density at radius 1 is 1.36 bits per heavy atom. The molecule has 1 aromatic rings. The molecule has 1 amide bonds. The zero-order valence-corrected chi connectivity index (χ0v) is 14.3. The van der Waals surface area contributed by atoms with E-state index in [1.807, 2.05) is 0 Å². The average molecular weight is 382 g/mol. The third-order valence-corrected chi connectivity index (χ3v) is 5.90. The van der Waals surface area contributed by atoms with Crippen molar-refractivity contribution < 1.29 is 30.8 Å². The van der Waals surface area contributed by atoms with Gasteiger partial charge in [-0.2, -0.15) is 13.2 Å². The molecule has 25 heavy (non-hydrogen) atoms. The number of hydrogen-bond acceptors (Lipinski definition) is 3. The number of carbonyl (C=O) groups excluding carboxylic acids is 1. The largest absolute Gasteiger partial charge is 0.419 e. The van der Waals surface area contributed by atoms with Crippen LogP contribution in [0.15, 0.2) is 18.2 Å². The molecule has 0 saturated carbocycles. The van der Waals surface area contributed by atoms with Crippen molar-refractivity contribution in [2.75, 3.05) is 24.2 Å². The second kappa shape index (κ2) is 7.28. The molecule has 0 aliphatic carbocycles. The van der Waals surface area contributed by atoms with E-state index in [-0.39, 0.29) is 18.0 Å². The van der Waals surface area contributed by atoms with Crippen molar-refractivity contribution >= 4 is 21.6 Å². The number of alkyl halides is 3. The van der Waals surface area contributed by atoms with Crippen LogP contribution < -0.4 is 5.32 Å². The summed E-state index contributed by atoms with van der Waals surface area (Å²) >= 11 is 0. The number of piperidine rings is 1. The third kappa shape index (κ3) is 4.69. The summed E-state index contributed by atoms with van der Waals surface area (Å²) < 4.78 is 76.4. The molecule has 1 heterocycles. The molecule has 0 radical (unpaired) electrons. The topological polar surface area (TPSA) is 66.5 Å². The predicted octanol–water partition coefficient (Wildman–Crippen LogP) is 2.84. The highest BCUT2D eigenvalue weighted by Crippen LogP contribution is 2.33. The van der Waals surface area contributed by atoms with Crippen molar-refractivity contribution in [3.05, 3.63) is 29.6 Å². The van der Waals surface area contributed by atoms with Crippen LogP contribution in [-0.2, 0) is 21.0 Å². The van der Waals surface area contributed by atoms with Crippen molar-refractivity contribution in [2.24, 2.45) is 5.92 Å². The van der Waals surface area contributed by atoms with Gasteiger partial charge in [-0.3, -0.25) is 4.79 Å². The van der Waals surface area contributed by atoms with Crippen LogP contribution in [0.25, 0.3) is 0 Å². The summed E-state index contributed by atoms with van der Waals surface area (Å²) in [6.45, 7) is 1.79. The smallest absolute Gasteiger partial charge is 0.326 e. The second-order valence-electron chi connectivity index (χ2n) is 5.78. The Labute approximate surface area is 143 Å². The summed E-state index contributed by atoms with van der Waals surface area (Å²) in [5.74, 6) is -2.78. The highest BCUT2D eigenvalue weighted by Gasteiger charge is 2.35. The molecule has 0 aromatic heterocycles. The lowest BCUT2D eigenvalue weighted by molar-refractivity contribution is -0.140. The number of benzene rings is 1. The summed E-state index contributed by atoms with van der Waals surface area (Å²) in [5.41, 5.74) is -1.65. The minimum Gasteiger partial charge on any atom is -0.326 e. The normalized spacial score (nSPS) is 19.6. The van der Waals surface area contributed by atoms with E-state index in [2.05, 4.69) is 5.32 Å². The standard InChI is InChI=1S/C15H18F4N2O3S/c1-2-25(23,24)21-7-3-4-10(9-21)14(22)20-11-5-6-13(16)12(8-11)15(17,18)19/h5-6,8,10H,2-4,7,9H2,1H3,(H,20,22). The van der Waals surface area contributed by atoms with Gasteiger partial charge in [-0.25, -0.2) is 17.1 Å². The van der Waals surface area contributed by atoms with E-state index in [0.717, 1.165) is 6.07 Å². The van der Waals surface area contributed by atoms with Gasteiger partial charge in [-0.1, -0.05) is 0 Å². The third-order valence-electron chi connectivity index (χ3n) is 4.05. The van der Waals surface area contributed by atoms with Gasteiger partial charge in [0, 0.05) is 18.8 Å². The van der Waals surface area contributed by atoms with E-state index in [4.69, 9.17) is 0 Å². The Morgan fingerprint density at radius 3 is 2.64 bits per heavy atom. The highest BCUT2D eigenvalue weighted by atomic mass is 32.2. The fourth-order valence-corrected chi connectivity index (χ4v) is 3.84. The van der Waals surface area contributed by atoms with E-state index >= 15 is 0 Å². The van der Waals surface area contributed by atoms with Crippen molar-refractivity contribution in [1.82, 2.24) is 4.31 Å². The maximum atomic E-state index is 13.3. The van der Waals surface area contributed by atoms with Gasteiger partial charge >= 0.3 is 6.18 Å². The van der Waals surface area contributed by atoms with E-state index in [1.54, 1.807) is 0 Å². The minimum atomic E-state index is -4.87. The Balaban J connectivity index is 2.12. The van der Waals surface area contributed by atoms with Crippen molar-refractivity contribution in [3.8, 4) is 0 Å². The highest BCUT2D eigenvalue weighted by molar-refractivity contribution is 7.89. The van der Waals surface area contributed by atoms with Gasteiger partial charge in [0.15, 0.2) is 0 Å². The van der Waals surface area contributed by atoms with Gasteiger partial charge in [0.05, 0.1) is 17.2 Å². The van der Waals surface area contributed by atoms with Gasteiger partial charge in [-0.15, -0.1) is 0 Å². The van der Waals surface area contributed by atoms with Crippen molar-refractivity contribution in [2.45, 2.75) is 25.9 Å². The fourth-order valence-electron chi connectivity index (χ4n) is 2.66. The molecule has 10 heteroatoms. The molecule has 0 spiro atoms. The number of amides is 1. The summed E-state index contributed by atoms with van der Waals surface area (Å²) in [6.07, 6.45) is -3.97. The lowest BCUT2D eigenvalue weighted by atomic mass is 9.98. The van der Waals surface area contributed by atoms with Crippen LogP contribution in [-0.4, -0.2) is 37.5 Å². The van der Waals surface area contributed by atoms with Gasteiger partial charge in [0.1, 0.15) is 5.82 Å². The maximum Gasteiger partial charge on any atom is 0.419 e.